The molecule has 3 rings (SSSR count). The molecule has 3 aromatic rings. The lowest BCUT2D eigenvalue weighted by Gasteiger charge is -2.03. The molecule has 0 aliphatic rings. The van der Waals surface area contributed by atoms with E-state index < -0.39 is 0 Å². The summed E-state index contributed by atoms with van der Waals surface area (Å²) in [5.41, 5.74) is 3.91. The zero-order chi connectivity index (χ0) is 15.7. The largest absolute Gasteiger partial charge is 0.508 e. The molecule has 0 amide bonds. The van der Waals surface area contributed by atoms with Crippen LogP contribution >= 0.6 is 11.3 Å². The Hall–Kier alpha value is -2.46. The second-order valence-electron chi connectivity index (χ2n) is 5.11. The minimum atomic E-state index is 0.0574. The Balaban J connectivity index is 1.92. The molecule has 0 saturated carbocycles. The van der Waals surface area contributed by atoms with Gasteiger partial charge in [-0.1, -0.05) is 36.4 Å². The Kier molecular flexibility index (Phi) is 3.77. The number of rotatable bonds is 3. The summed E-state index contributed by atoms with van der Waals surface area (Å²) >= 11 is 1.43. The molecule has 0 saturated heterocycles. The highest BCUT2D eigenvalue weighted by Gasteiger charge is 2.12. The lowest BCUT2D eigenvalue weighted by Crippen LogP contribution is -1.89. The van der Waals surface area contributed by atoms with Crippen molar-refractivity contribution >= 4 is 17.1 Å². The number of hydrogen-bond acceptors (Lipinski definition) is 4. The standard InChI is InChI=1S/C18H15NO2S/c1-11-17(12(2)20)22-18(19-11)15-5-3-13(4-6-15)14-7-9-16(21)10-8-14/h3-10,21H,1-2H3. The van der Waals surface area contributed by atoms with Gasteiger partial charge in [-0.05, 0) is 30.2 Å². The van der Waals surface area contributed by atoms with Gasteiger partial charge in [0, 0.05) is 12.5 Å². The summed E-state index contributed by atoms with van der Waals surface area (Å²) in [5, 5.41) is 10.2. The summed E-state index contributed by atoms with van der Waals surface area (Å²) in [6, 6.07) is 15.2. The summed E-state index contributed by atoms with van der Waals surface area (Å²) in [6.07, 6.45) is 0. The van der Waals surface area contributed by atoms with Crippen molar-refractivity contribution < 1.29 is 9.90 Å². The van der Waals surface area contributed by atoms with Crippen LogP contribution in [0.25, 0.3) is 21.7 Å². The van der Waals surface area contributed by atoms with Crippen molar-refractivity contribution in [2.24, 2.45) is 0 Å². The third-order valence-electron chi connectivity index (χ3n) is 3.45. The number of phenolic OH excluding ortho intramolecular Hbond substituents is 1. The number of ketones is 1. The van der Waals surface area contributed by atoms with Crippen molar-refractivity contribution in [2.75, 3.05) is 0 Å². The molecule has 22 heavy (non-hydrogen) atoms. The third-order valence-corrected chi connectivity index (χ3v) is 4.76. The van der Waals surface area contributed by atoms with E-state index in [0.29, 0.717) is 0 Å². The van der Waals surface area contributed by atoms with E-state index in [1.807, 2.05) is 43.3 Å². The van der Waals surface area contributed by atoms with Gasteiger partial charge >= 0.3 is 0 Å². The van der Waals surface area contributed by atoms with Crippen molar-refractivity contribution in [1.29, 1.82) is 0 Å². The van der Waals surface area contributed by atoms with E-state index >= 15 is 0 Å². The number of Topliss-reactive ketones (excluding diaryl/α,β-unsaturated/α-hetero) is 1. The van der Waals surface area contributed by atoms with Crippen LogP contribution in [0.1, 0.15) is 22.3 Å². The maximum Gasteiger partial charge on any atom is 0.171 e. The fourth-order valence-electron chi connectivity index (χ4n) is 2.31. The van der Waals surface area contributed by atoms with Gasteiger partial charge in [-0.25, -0.2) is 4.98 Å². The van der Waals surface area contributed by atoms with Crippen LogP contribution in [0.2, 0.25) is 0 Å². The number of nitrogens with zero attached hydrogens (tertiary/aromatic N) is 1. The summed E-state index contributed by atoms with van der Waals surface area (Å²) < 4.78 is 0. The molecular weight excluding hydrogens is 294 g/mol. The first-order chi connectivity index (χ1) is 10.5. The normalized spacial score (nSPS) is 10.6. The molecule has 4 heteroatoms. The predicted molar refractivity (Wildman–Crippen MR) is 89.4 cm³/mol. The molecule has 3 nitrogen and oxygen atoms in total. The van der Waals surface area contributed by atoms with E-state index in [2.05, 4.69) is 4.98 Å². The molecule has 0 atom stereocenters. The first kappa shape index (κ1) is 14.5. The van der Waals surface area contributed by atoms with Crippen LogP contribution in [-0.2, 0) is 0 Å². The molecule has 0 bridgehead atoms. The minimum absolute atomic E-state index is 0.0574. The number of aryl methyl sites for hydroxylation is 1. The van der Waals surface area contributed by atoms with E-state index in [9.17, 15) is 9.90 Å². The van der Waals surface area contributed by atoms with Crippen LogP contribution in [0.5, 0.6) is 5.75 Å². The predicted octanol–water partition coefficient (Wildman–Crippen LogP) is 4.69. The lowest BCUT2D eigenvalue weighted by atomic mass is 10.0. The Morgan fingerprint density at radius 3 is 1.95 bits per heavy atom. The molecule has 1 aromatic heterocycles. The first-order valence-corrected chi connectivity index (χ1v) is 7.74. The van der Waals surface area contributed by atoms with Gasteiger partial charge in [0.15, 0.2) is 5.78 Å². The summed E-state index contributed by atoms with van der Waals surface area (Å²) in [4.78, 5) is 16.7. The smallest absolute Gasteiger partial charge is 0.171 e. The average molecular weight is 309 g/mol. The van der Waals surface area contributed by atoms with Crippen LogP contribution < -0.4 is 0 Å². The van der Waals surface area contributed by atoms with Crippen LogP contribution in [0.4, 0.5) is 0 Å². The highest BCUT2D eigenvalue weighted by molar-refractivity contribution is 7.17. The number of aromatic nitrogens is 1. The van der Waals surface area contributed by atoms with Gasteiger partial charge in [0.2, 0.25) is 0 Å². The Bertz CT molecular complexity index is 817. The molecule has 0 aliphatic carbocycles. The van der Waals surface area contributed by atoms with Crippen LogP contribution in [-0.4, -0.2) is 15.9 Å². The monoisotopic (exact) mass is 309 g/mol. The second kappa shape index (κ2) is 5.73. The van der Waals surface area contributed by atoms with Gasteiger partial charge in [-0.2, -0.15) is 0 Å². The molecule has 0 aliphatic heterocycles. The van der Waals surface area contributed by atoms with E-state index in [4.69, 9.17) is 0 Å². The Morgan fingerprint density at radius 1 is 0.955 bits per heavy atom. The number of aromatic hydroxyl groups is 1. The zero-order valence-corrected chi connectivity index (χ0v) is 13.1. The van der Waals surface area contributed by atoms with Crippen molar-refractivity contribution in [1.82, 2.24) is 4.98 Å². The molecule has 1 heterocycles. The molecular formula is C18H15NO2S. The highest BCUT2D eigenvalue weighted by atomic mass is 32.1. The molecule has 0 fully saturated rings. The number of thiazole rings is 1. The van der Waals surface area contributed by atoms with Crippen LogP contribution in [0.3, 0.4) is 0 Å². The van der Waals surface area contributed by atoms with Crippen molar-refractivity contribution in [3.8, 4) is 27.4 Å². The van der Waals surface area contributed by atoms with E-state index in [0.717, 1.165) is 32.3 Å². The minimum Gasteiger partial charge on any atom is -0.508 e. The van der Waals surface area contributed by atoms with E-state index in [1.165, 1.54) is 11.3 Å². The summed E-state index contributed by atoms with van der Waals surface area (Å²) in [7, 11) is 0. The molecule has 0 unspecified atom stereocenters. The van der Waals surface area contributed by atoms with Gasteiger partial charge in [-0.3, -0.25) is 4.79 Å². The number of carbonyl (C=O) groups is 1. The molecule has 0 radical (unpaired) electrons. The van der Waals surface area contributed by atoms with Crippen LogP contribution in [0.15, 0.2) is 48.5 Å². The van der Waals surface area contributed by atoms with E-state index in [1.54, 1.807) is 19.1 Å². The number of hydrogen-bond donors (Lipinski definition) is 1. The fourth-order valence-corrected chi connectivity index (χ4v) is 3.27. The van der Waals surface area contributed by atoms with E-state index in [-0.39, 0.29) is 11.5 Å². The van der Waals surface area contributed by atoms with Crippen molar-refractivity contribution in [2.45, 2.75) is 13.8 Å². The molecule has 1 N–H and O–H groups in total. The summed E-state index contributed by atoms with van der Waals surface area (Å²) in [5.74, 6) is 0.317. The second-order valence-corrected chi connectivity index (χ2v) is 6.11. The Morgan fingerprint density at radius 2 is 1.45 bits per heavy atom. The fraction of sp³-hybridized carbons (Fsp3) is 0.111. The van der Waals surface area contributed by atoms with Gasteiger partial charge in [0.25, 0.3) is 0 Å². The van der Waals surface area contributed by atoms with Gasteiger partial charge in [0.1, 0.15) is 10.8 Å². The number of benzene rings is 2. The average Bonchev–Trinajstić information content (AvgIpc) is 2.90. The SMILES string of the molecule is CC(=O)c1sc(-c2ccc(-c3ccc(O)cc3)cc2)nc1C. The zero-order valence-electron chi connectivity index (χ0n) is 12.3. The lowest BCUT2D eigenvalue weighted by molar-refractivity contribution is 0.102. The van der Waals surface area contributed by atoms with Crippen molar-refractivity contribution in [3.63, 3.8) is 0 Å². The topological polar surface area (TPSA) is 50.2 Å². The number of phenols is 1. The third kappa shape index (κ3) is 2.78. The Labute approximate surface area is 132 Å². The molecule has 110 valence electrons. The van der Waals surface area contributed by atoms with Gasteiger partial charge in [0.05, 0.1) is 10.6 Å². The maximum absolute atomic E-state index is 11.5. The summed E-state index contributed by atoms with van der Waals surface area (Å²) in [6.45, 7) is 3.43. The van der Waals surface area contributed by atoms with Gasteiger partial charge in [-0.15, -0.1) is 11.3 Å². The van der Waals surface area contributed by atoms with Crippen LogP contribution in [0, 0.1) is 6.92 Å². The number of carbonyl (C=O) groups excluding carboxylic acids is 1. The molecule has 2 aromatic carbocycles. The maximum atomic E-state index is 11.5. The highest BCUT2D eigenvalue weighted by Crippen LogP contribution is 2.30. The van der Waals surface area contributed by atoms with Gasteiger partial charge < -0.3 is 5.11 Å². The van der Waals surface area contributed by atoms with Crippen molar-refractivity contribution in [3.05, 3.63) is 59.1 Å². The quantitative estimate of drug-likeness (QED) is 0.714. The molecule has 0 spiro atoms. The first-order valence-electron chi connectivity index (χ1n) is 6.93.